The second kappa shape index (κ2) is 5.43. The molecule has 8 nitrogen and oxygen atoms in total. The van der Waals surface area contributed by atoms with E-state index in [4.69, 9.17) is 15.6 Å². The molecule has 19 heavy (non-hydrogen) atoms. The highest BCUT2D eigenvalue weighted by Crippen LogP contribution is 2.34. The summed E-state index contributed by atoms with van der Waals surface area (Å²) in [5, 5.41) is 13.8. The van der Waals surface area contributed by atoms with Crippen molar-refractivity contribution < 1.29 is 24.2 Å². The third-order valence-electron chi connectivity index (χ3n) is 3.43. The zero-order valence-electron chi connectivity index (χ0n) is 10.3. The van der Waals surface area contributed by atoms with Gasteiger partial charge in [0.15, 0.2) is 0 Å². The Balaban J connectivity index is 1.82. The van der Waals surface area contributed by atoms with Crippen LogP contribution in [0.4, 0.5) is 4.79 Å². The summed E-state index contributed by atoms with van der Waals surface area (Å²) in [6, 6.07) is -2.02. The van der Waals surface area contributed by atoms with Crippen LogP contribution in [0.5, 0.6) is 0 Å². The number of carbonyl (C=O) groups excluding carboxylic acids is 2. The fraction of sp³-hybridized carbons (Fsp3) is 0.727. The SMILES string of the molecule is NC(=O)C[C@H](NC(=O)NC1CC2CCC1O2)C(=O)O. The molecule has 106 valence electrons. The van der Waals surface area contributed by atoms with Gasteiger partial charge in [0.25, 0.3) is 0 Å². The topological polar surface area (TPSA) is 131 Å². The van der Waals surface area contributed by atoms with Crippen molar-refractivity contribution in [1.82, 2.24) is 10.6 Å². The average molecular weight is 271 g/mol. The molecule has 0 aromatic heterocycles. The number of carboxylic acid groups (broad SMARTS) is 1. The molecule has 2 aliphatic rings. The van der Waals surface area contributed by atoms with E-state index in [1.54, 1.807) is 0 Å². The molecule has 4 atom stereocenters. The molecule has 2 heterocycles. The highest BCUT2D eigenvalue weighted by Gasteiger charge is 2.41. The first-order valence-electron chi connectivity index (χ1n) is 6.19. The number of nitrogens with two attached hydrogens (primary N) is 1. The van der Waals surface area contributed by atoms with Crippen molar-refractivity contribution in [2.24, 2.45) is 5.73 Å². The molecule has 2 fully saturated rings. The minimum absolute atomic E-state index is 0.00942. The number of carbonyl (C=O) groups is 3. The summed E-state index contributed by atoms with van der Waals surface area (Å²) in [4.78, 5) is 33.3. The van der Waals surface area contributed by atoms with Crippen molar-refractivity contribution >= 4 is 17.9 Å². The van der Waals surface area contributed by atoms with E-state index < -0.39 is 30.4 Å². The van der Waals surface area contributed by atoms with Crippen molar-refractivity contribution in [2.45, 2.75) is 50.0 Å². The Morgan fingerprint density at radius 2 is 2.11 bits per heavy atom. The van der Waals surface area contributed by atoms with Crippen LogP contribution in [-0.4, -0.2) is 47.3 Å². The molecule has 0 radical (unpaired) electrons. The van der Waals surface area contributed by atoms with Gasteiger partial charge >= 0.3 is 12.0 Å². The molecule has 0 aliphatic carbocycles. The molecule has 0 aromatic carbocycles. The molecule has 2 bridgehead atoms. The van der Waals surface area contributed by atoms with E-state index in [-0.39, 0.29) is 18.2 Å². The first-order valence-corrected chi connectivity index (χ1v) is 6.19. The van der Waals surface area contributed by atoms with Crippen molar-refractivity contribution in [3.8, 4) is 0 Å². The van der Waals surface area contributed by atoms with Crippen LogP contribution in [0.15, 0.2) is 0 Å². The first-order chi connectivity index (χ1) is 8.95. The number of hydrogen-bond donors (Lipinski definition) is 4. The number of carboxylic acids is 1. The Bertz CT molecular complexity index is 400. The van der Waals surface area contributed by atoms with Crippen molar-refractivity contribution in [1.29, 1.82) is 0 Å². The summed E-state index contributed by atoms with van der Waals surface area (Å²) in [7, 11) is 0. The van der Waals surface area contributed by atoms with Crippen LogP contribution in [0.2, 0.25) is 0 Å². The second-order valence-electron chi connectivity index (χ2n) is 4.90. The van der Waals surface area contributed by atoms with Gasteiger partial charge in [0.1, 0.15) is 6.04 Å². The Morgan fingerprint density at radius 3 is 2.58 bits per heavy atom. The molecule has 2 aliphatic heterocycles. The number of primary amides is 1. The fourth-order valence-electron chi connectivity index (χ4n) is 2.56. The molecule has 3 amide bonds. The van der Waals surface area contributed by atoms with Gasteiger partial charge in [-0.15, -0.1) is 0 Å². The van der Waals surface area contributed by atoms with E-state index in [1.165, 1.54) is 0 Å². The van der Waals surface area contributed by atoms with Crippen molar-refractivity contribution in [3.05, 3.63) is 0 Å². The van der Waals surface area contributed by atoms with Crippen LogP contribution in [0, 0.1) is 0 Å². The molecule has 0 saturated carbocycles. The standard InChI is InChI=1S/C11H17N3O5/c12-9(15)4-7(10(16)17)14-11(18)13-6-3-5-1-2-8(6)19-5/h5-8H,1-4H2,(H2,12,15)(H,16,17)(H2,13,14,18)/t5?,6?,7-,8?/m0/s1. The molecule has 2 rings (SSSR count). The van der Waals surface area contributed by atoms with E-state index in [2.05, 4.69) is 10.6 Å². The highest BCUT2D eigenvalue weighted by atomic mass is 16.5. The number of ether oxygens (including phenoxy) is 1. The zero-order valence-corrected chi connectivity index (χ0v) is 10.3. The summed E-state index contributed by atoms with van der Waals surface area (Å²) in [5.41, 5.74) is 4.93. The van der Waals surface area contributed by atoms with E-state index in [9.17, 15) is 14.4 Å². The second-order valence-corrected chi connectivity index (χ2v) is 4.90. The number of fused-ring (bicyclic) bond motifs is 2. The number of amides is 3. The van der Waals surface area contributed by atoms with Gasteiger partial charge in [-0.05, 0) is 19.3 Å². The predicted octanol–water partition coefficient (Wildman–Crippen LogP) is -1.07. The third-order valence-corrected chi connectivity index (χ3v) is 3.43. The molecule has 8 heteroatoms. The van der Waals surface area contributed by atoms with Crippen LogP contribution >= 0.6 is 0 Å². The minimum atomic E-state index is -1.31. The Kier molecular flexibility index (Phi) is 3.89. The van der Waals surface area contributed by atoms with Gasteiger partial charge in [-0.2, -0.15) is 0 Å². The molecule has 0 spiro atoms. The Hall–Kier alpha value is -1.83. The maximum atomic E-state index is 11.7. The Morgan fingerprint density at radius 1 is 1.37 bits per heavy atom. The normalized spacial score (nSPS) is 29.8. The van der Waals surface area contributed by atoms with Gasteiger partial charge in [-0.1, -0.05) is 0 Å². The molecular weight excluding hydrogens is 254 g/mol. The summed E-state index contributed by atoms with van der Waals surface area (Å²) in [5.74, 6) is -2.07. The molecule has 5 N–H and O–H groups in total. The zero-order chi connectivity index (χ0) is 14.0. The van der Waals surface area contributed by atoms with E-state index in [0.717, 1.165) is 19.3 Å². The van der Waals surface area contributed by atoms with Crippen LogP contribution in [-0.2, 0) is 14.3 Å². The lowest BCUT2D eigenvalue weighted by Crippen LogP contribution is -2.52. The van der Waals surface area contributed by atoms with Gasteiger partial charge in [0.2, 0.25) is 5.91 Å². The fourth-order valence-corrected chi connectivity index (χ4v) is 2.56. The van der Waals surface area contributed by atoms with Gasteiger partial charge in [0.05, 0.1) is 24.7 Å². The molecule has 3 unspecified atom stereocenters. The van der Waals surface area contributed by atoms with Gasteiger partial charge in [-0.25, -0.2) is 9.59 Å². The molecule has 2 saturated heterocycles. The number of urea groups is 1. The molecule has 0 aromatic rings. The number of rotatable bonds is 5. The lowest BCUT2D eigenvalue weighted by molar-refractivity contribution is -0.140. The number of aliphatic carboxylic acids is 1. The summed E-state index contributed by atoms with van der Waals surface area (Å²) >= 11 is 0. The quantitative estimate of drug-likeness (QED) is 0.506. The lowest BCUT2D eigenvalue weighted by Gasteiger charge is -2.21. The first kappa shape index (κ1) is 13.6. The van der Waals surface area contributed by atoms with E-state index in [1.807, 2.05) is 0 Å². The maximum absolute atomic E-state index is 11.7. The highest BCUT2D eigenvalue weighted by molar-refractivity contribution is 5.87. The third kappa shape index (κ3) is 3.34. The minimum Gasteiger partial charge on any atom is -0.480 e. The monoisotopic (exact) mass is 271 g/mol. The van der Waals surface area contributed by atoms with Crippen molar-refractivity contribution in [2.75, 3.05) is 0 Å². The van der Waals surface area contributed by atoms with Crippen molar-refractivity contribution in [3.63, 3.8) is 0 Å². The summed E-state index contributed by atoms with van der Waals surface area (Å²) < 4.78 is 5.57. The average Bonchev–Trinajstić information content (AvgIpc) is 2.89. The smallest absolute Gasteiger partial charge is 0.326 e. The van der Waals surface area contributed by atoms with Crippen LogP contribution in [0.25, 0.3) is 0 Å². The van der Waals surface area contributed by atoms with Crippen LogP contribution in [0.3, 0.4) is 0 Å². The largest absolute Gasteiger partial charge is 0.480 e. The van der Waals surface area contributed by atoms with Gasteiger partial charge in [-0.3, -0.25) is 4.79 Å². The maximum Gasteiger partial charge on any atom is 0.326 e. The number of hydrogen-bond acceptors (Lipinski definition) is 4. The number of nitrogens with one attached hydrogen (secondary N) is 2. The lowest BCUT2D eigenvalue weighted by atomic mass is 9.96. The van der Waals surface area contributed by atoms with E-state index >= 15 is 0 Å². The van der Waals surface area contributed by atoms with Gasteiger partial charge < -0.3 is 26.2 Å². The van der Waals surface area contributed by atoms with Crippen LogP contribution < -0.4 is 16.4 Å². The van der Waals surface area contributed by atoms with E-state index in [0.29, 0.717) is 0 Å². The van der Waals surface area contributed by atoms with Crippen LogP contribution in [0.1, 0.15) is 25.7 Å². The van der Waals surface area contributed by atoms with Gasteiger partial charge in [0, 0.05) is 0 Å². The summed E-state index contributed by atoms with van der Waals surface area (Å²) in [6.07, 6.45) is 2.41. The predicted molar refractivity (Wildman–Crippen MR) is 63.2 cm³/mol. The molecular formula is C11H17N3O5. The Labute approximate surface area is 109 Å². The summed E-state index contributed by atoms with van der Waals surface area (Å²) in [6.45, 7) is 0.